The first-order valence-corrected chi connectivity index (χ1v) is 6.12. The van der Waals surface area contributed by atoms with E-state index in [4.69, 9.17) is 16.9 Å². The van der Waals surface area contributed by atoms with Crippen LogP contribution in [-0.4, -0.2) is 13.1 Å². The highest BCUT2D eigenvalue weighted by molar-refractivity contribution is 6.17. The molecule has 1 unspecified atom stereocenters. The van der Waals surface area contributed by atoms with E-state index in [0.717, 1.165) is 35.8 Å². The summed E-state index contributed by atoms with van der Waals surface area (Å²) in [5, 5.41) is 9.14. The van der Waals surface area contributed by atoms with Gasteiger partial charge in [-0.25, -0.2) is 0 Å². The van der Waals surface area contributed by atoms with Crippen molar-refractivity contribution in [3.8, 4) is 6.07 Å². The van der Waals surface area contributed by atoms with Crippen LogP contribution in [0.5, 0.6) is 0 Å². The van der Waals surface area contributed by atoms with Gasteiger partial charge in [0.1, 0.15) is 6.07 Å². The zero-order valence-electron chi connectivity index (χ0n) is 9.41. The number of benzene rings is 1. The lowest BCUT2D eigenvalue weighted by atomic mass is 10.1. The van der Waals surface area contributed by atoms with Gasteiger partial charge in [0.2, 0.25) is 0 Å². The molecule has 0 bridgehead atoms. The summed E-state index contributed by atoms with van der Waals surface area (Å²) in [5.74, 6) is 1.19. The third kappa shape index (κ3) is 2.15. The highest BCUT2D eigenvalue weighted by atomic mass is 35.5. The summed E-state index contributed by atoms with van der Waals surface area (Å²) in [7, 11) is 0. The molecule has 1 saturated heterocycles. The number of hydrogen-bond acceptors (Lipinski definition) is 2. The fraction of sp³-hybridized carbons (Fsp3) is 0.462. The van der Waals surface area contributed by atoms with Crippen molar-refractivity contribution >= 4 is 17.3 Å². The second kappa shape index (κ2) is 4.76. The van der Waals surface area contributed by atoms with E-state index in [1.807, 2.05) is 18.2 Å². The molecule has 1 aliphatic rings. The molecule has 1 aromatic carbocycles. The molecule has 0 aromatic heterocycles. The summed E-state index contributed by atoms with van der Waals surface area (Å²) in [6.45, 7) is 4.35. The lowest BCUT2D eigenvalue weighted by Gasteiger charge is -2.19. The van der Waals surface area contributed by atoms with Gasteiger partial charge in [-0.1, -0.05) is 13.0 Å². The van der Waals surface area contributed by atoms with Crippen molar-refractivity contribution in [3.63, 3.8) is 0 Å². The maximum Gasteiger partial charge on any atom is 0.101 e. The van der Waals surface area contributed by atoms with E-state index in [1.54, 1.807) is 0 Å². The Morgan fingerprint density at radius 1 is 1.56 bits per heavy atom. The third-order valence-electron chi connectivity index (χ3n) is 3.10. The minimum atomic E-state index is 0.464. The van der Waals surface area contributed by atoms with E-state index in [1.165, 1.54) is 6.42 Å². The molecule has 1 heterocycles. The van der Waals surface area contributed by atoms with E-state index < -0.39 is 0 Å². The van der Waals surface area contributed by atoms with Crippen molar-refractivity contribution in [3.05, 3.63) is 29.3 Å². The Bertz CT molecular complexity index is 422. The number of hydrogen-bond donors (Lipinski definition) is 0. The summed E-state index contributed by atoms with van der Waals surface area (Å²) < 4.78 is 0. The van der Waals surface area contributed by atoms with E-state index in [9.17, 15) is 0 Å². The number of nitriles is 1. The summed E-state index contributed by atoms with van der Waals surface area (Å²) in [5.41, 5.74) is 2.81. The Morgan fingerprint density at radius 3 is 2.94 bits per heavy atom. The first kappa shape index (κ1) is 11.3. The average molecular weight is 235 g/mol. The Morgan fingerprint density at radius 2 is 2.38 bits per heavy atom. The molecule has 2 rings (SSSR count). The van der Waals surface area contributed by atoms with Gasteiger partial charge >= 0.3 is 0 Å². The molecule has 0 radical (unpaired) electrons. The Balaban J connectivity index is 2.31. The zero-order valence-corrected chi connectivity index (χ0v) is 10.2. The molecule has 2 nitrogen and oxygen atoms in total. The van der Waals surface area contributed by atoms with Crippen LogP contribution in [0.3, 0.4) is 0 Å². The van der Waals surface area contributed by atoms with Crippen LogP contribution in [-0.2, 0) is 5.88 Å². The lowest BCUT2D eigenvalue weighted by Crippen LogP contribution is -2.20. The molecule has 0 aliphatic carbocycles. The largest absolute Gasteiger partial charge is 0.370 e. The van der Waals surface area contributed by atoms with E-state index in [2.05, 4.69) is 17.9 Å². The monoisotopic (exact) mass is 234 g/mol. The summed E-state index contributed by atoms with van der Waals surface area (Å²) in [6, 6.07) is 8.18. The predicted octanol–water partition coefficient (Wildman–Crippen LogP) is 3.14. The highest BCUT2D eigenvalue weighted by Crippen LogP contribution is 2.27. The van der Waals surface area contributed by atoms with Crippen molar-refractivity contribution in [2.24, 2.45) is 5.92 Å². The second-order valence-corrected chi connectivity index (χ2v) is 4.70. The van der Waals surface area contributed by atoms with Crippen LogP contribution in [0.25, 0.3) is 0 Å². The molecular weight excluding hydrogens is 220 g/mol. The molecule has 1 aliphatic heterocycles. The number of rotatable bonds is 2. The maximum atomic E-state index is 9.14. The molecule has 1 atom stereocenters. The van der Waals surface area contributed by atoms with E-state index in [0.29, 0.717) is 5.88 Å². The smallest absolute Gasteiger partial charge is 0.101 e. The van der Waals surface area contributed by atoms with Crippen LogP contribution in [0.1, 0.15) is 24.5 Å². The average Bonchev–Trinajstić information content (AvgIpc) is 2.74. The number of alkyl halides is 1. The Labute approximate surface area is 101 Å². The van der Waals surface area contributed by atoms with Crippen LogP contribution in [0.15, 0.2) is 18.2 Å². The molecule has 0 spiro atoms. The maximum absolute atomic E-state index is 9.14. The van der Waals surface area contributed by atoms with Crippen molar-refractivity contribution in [2.45, 2.75) is 19.2 Å². The van der Waals surface area contributed by atoms with Gasteiger partial charge in [0.05, 0.1) is 11.3 Å². The third-order valence-corrected chi connectivity index (χ3v) is 3.41. The van der Waals surface area contributed by atoms with Crippen LogP contribution in [0.2, 0.25) is 0 Å². The molecule has 16 heavy (non-hydrogen) atoms. The fourth-order valence-corrected chi connectivity index (χ4v) is 2.35. The standard InChI is InChI=1S/C13H15ClN2/c1-10-4-5-16(9-10)13-3-2-11(7-14)6-12(13)8-15/h2-3,6,10H,4-5,7,9H2,1H3. The molecule has 0 amide bonds. The van der Waals surface area contributed by atoms with Crippen LogP contribution in [0, 0.1) is 17.2 Å². The quantitative estimate of drug-likeness (QED) is 0.735. The SMILES string of the molecule is CC1CCN(c2ccc(CCl)cc2C#N)C1. The van der Waals surface area contributed by atoms with Crippen molar-refractivity contribution in [1.29, 1.82) is 5.26 Å². The van der Waals surface area contributed by atoms with Crippen LogP contribution in [0.4, 0.5) is 5.69 Å². The Hall–Kier alpha value is -1.20. The summed E-state index contributed by atoms with van der Waals surface area (Å²) in [6.07, 6.45) is 1.21. The predicted molar refractivity (Wildman–Crippen MR) is 66.7 cm³/mol. The lowest BCUT2D eigenvalue weighted by molar-refractivity contribution is 0.659. The van der Waals surface area contributed by atoms with Gasteiger partial charge in [0.15, 0.2) is 0 Å². The molecule has 1 aromatic rings. The van der Waals surface area contributed by atoms with Gasteiger partial charge in [-0.3, -0.25) is 0 Å². The number of anilines is 1. The van der Waals surface area contributed by atoms with Gasteiger partial charge in [-0.2, -0.15) is 5.26 Å². The van der Waals surface area contributed by atoms with Gasteiger partial charge < -0.3 is 4.90 Å². The topological polar surface area (TPSA) is 27.0 Å². The zero-order chi connectivity index (χ0) is 11.5. The minimum absolute atomic E-state index is 0.464. The molecule has 0 N–H and O–H groups in total. The molecular formula is C13H15ClN2. The van der Waals surface area contributed by atoms with E-state index in [-0.39, 0.29) is 0 Å². The second-order valence-electron chi connectivity index (χ2n) is 4.44. The van der Waals surface area contributed by atoms with Crippen molar-refractivity contribution in [1.82, 2.24) is 0 Å². The highest BCUT2D eigenvalue weighted by Gasteiger charge is 2.20. The normalized spacial score (nSPS) is 19.8. The summed E-state index contributed by atoms with van der Waals surface area (Å²) >= 11 is 5.77. The summed E-state index contributed by atoms with van der Waals surface area (Å²) in [4.78, 5) is 2.29. The van der Waals surface area contributed by atoms with Crippen molar-refractivity contribution < 1.29 is 0 Å². The van der Waals surface area contributed by atoms with Gasteiger partial charge in [-0.05, 0) is 30.0 Å². The van der Waals surface area contributed by atoms with Crippen molar-refractivity contribution in [2.75, 3.05) is 18.0 Å². The molecule has 84 valence electrons. The number of halogens is 1. The molecule has 3 heteroatoms. The van der Waals surface area contributed by atoms with Crippen LogP contribution >= 0.6 is 11.6 Å². The van der Waals surface area contributed by atoms with E-state index >= 15 is 0 Å². The minimum Gasteiger partial charge on any atom is -0.370 e. The first-order chi connectivity index (χ1) is 7.74. The van der Waals surface area contributed by atoms with Crippen LogP contribution < -0.4 is 4.90 Å². The van der Waals surface area contributed by atoms with Gasteiger partial charge in [-0.15, -0.1) is 11.6 Å². The van der Waals surface area contributed by atoms with Gasteiger partial charge in [0, 0.05) is 19.0 Å². The Kier molecular flexibility index (Phi) is 3.36. The van der Waals surface area contributed by atoms with Gasteiger partial charge in [0.25, 0.3) is 0 Å². The molecule has 1 fully saturated rings. The first-order valence-electron chi connectivity index (χ1n) is 5.58. The number of nitrogens with zero attached hydrogens (tertiary/aromatic N) is 2. The fourth-order valence-electron chi connectivity index (χ4n) is 2.19. The molecule has 0 saturated carbocycles.